The second-order valence-electron chi connectivity index (χ2n) is 19.2. The van der Waals surface area contributed by atoms with Crippen molar-refractivity contribution in [3.05, 3.63) is 0 Å². The predicted octanol–water partition coefficient (Wildman–Crippen LogP) is 10.2. The lowest BCUT2D eigenvalue weighted by Gasteiger charge is -2.64. The Balaban J connectivity index is 1.62. The van der Waals surface area contributed by atoms with Crippen LogP contribution in [0.15, 0.2) is 0 Å². The Morgan fingerprint density at radius 3 is 2.09 bits per heavy atom. The fraction of sp³-hybridized carbons (Fsp3) is 0.973. The molecule has 0 saturated heterocycles. The molecule has 6 heteroatoms. The number of hydrogen-bond donors (Lipinski definition) is 1. The molecule has 0 heterocycles. The summed E-state index contributed by atoms with van der Waals surface area (Å²) < 4.78 is 12.2. The van der Waals surface area contributed by atoms with Crippen LogP contribution in [0.25, 0.3) is 0 Å². The molecular formula is C37H70O4Si2. The Labute approximate surface area is 268 Å². The summed E-state index contributed by atoms with van der Waals surface area (Å²) in [6.45, 7) is 28.8. The van der Waals surface area contributed by atoms with Gasteiger partial charge in [-0.15, -0.1) is 0 Å². The largest absolute Gasteiger partial charge is 0.469 e. The Bertz CT molecular complexity index is 996. The molecule has 4 rings (SSSR count). The van der Waals surface area contributed by atoms with Gasteiger partial charge in [-0.05, 0) is 153 Å². The van der Waals surface area contributed by atoms with Crippen LogP contribution in [0.1, 0.15) is 126 Å². The van der Waals surface area contributed by atoms with E-state index >= 15 is 0 Å². The van der Waals surface area contributed by atoms with Crippen LogP contribution >= 0.6 is 0 Å². The molecule has 0 bridgehead atoms. The lowest BCUT2D eigenvalue weighted by Crippen LogP contribution is -2.58. The number of ether oxygens (including phenoxy) is 1. The number of fused-ring (bicyclic) bond motifs is 5. The third-order valence-corrected chi connectivity index (χ3v) is 23.3. The Hall–Kier alpha value is -0.176. The molecule has 0 aromatic carbocycles. The zero-order chi connectivity index (χ0) is 32.4. The van der Waals surface area contributed by atoms with Gasteiger partial charge in [-0.1, -0.05) is 55.4 Å². The third-order valence-electron chi connectivity index (χ3n) is 15.3. The lowest BCUT2D eigenvalue weighted by molar-refractivity contribution is -0.153. The molecule has 4 fully saturated rings. The van der Waals surface area contributed by atoms with E-state index in [0.717, 1.165) is 30.6 Å². The molecule has 1 N–H and O–H groups in total. The highest BCUT2D eigenvalue weighted by molar-refractivity contribution is 6.74. The maximum absolute atomic E-state index is 12.0. The van der Waals surface area contributed by atoms with E-state index < -0.39 is 16.6 Å². The normalized spacial score (nSPS) is 39.4. The zero-order valence-corrected chi connectivity index (χ0v) is 32.6. The van der Waals surface area contributed by atoms with Gasteiger partial charge < -0.3 is 14.0 Å². The molecule has 0 radical (unpaired) electrons. The average Bonchev–Trinajstić information content (AvgIpc) is 3.23. The SMILES string of the molecule is COC(=O)CC[C@@H](C)[C@H]1CCC2C3C[C@H](CC(C)(C)[Si](C)(C)O)[C@@H]4C[C@H](O[Si](C)(C)C(C)(C)C)CC[C@]4(C)C3CC[C@@]21C. The lowest BCUT2D eigenvalue weighted by atomic mass is 9.42. The standard InChI is InChI=1S/C37H70O4Si2/c1-25(14-17-33(38)40-9)29-15-16-30-28-22-26(24-35(5,6)42(10,11)39)32-23-27(41-43(12,13)34(2,3)4)18-20-37(32,8)31(28)19-21-36(29,30)7/h25-32,39H,14-24H2,1-13H3/t25-,26-,27-,28?,29-,30?,31?,32+,36-,37-/m1/s1. The fourth-order valence-corrected chi connectivity index (χ4v) is 13.1. The van der Waals surface area contributed by atoms with Gasteiger partial charge in [0.2, 0.25) is 0 Å². The van der Waals surface area contributed by atoms with E-state index in [1.807, 2.05) is 0 Å². The summed E-state index contributed by atoms with van der Waals surface area (Å²) in [6.07, 6.45) is 13.5. The summed E-state index contributed by atoms with van der Waals surface area (Å²) in [5.74, 6) is 4.96. The minimum absolute atomic E-state index is 0.00275. The summed E-state index contributed by atoms with van der Waals surface area (Å²) in [5.41, 5.74) is 0.752. The smallest absolute Gasteiger partial charge is 0.305 e. The van der Waals surface area contributed by atoms with Gasteiger partial charge in [-0.3, -0.25) is 4.79 Å². The van der Waals surface area contributed by atoms with E-state index in [2.05, 4.69) is 81.6 Å². The van der Waals surface area contributed by atoms with E-state index in [-0.39, 0.29) is 16.0 Å². The Kier molecular flexibility index (Phi) is 10.1. The van der Waals surface area contributed by atoms with Gasteiger partial charge in [-0.2, -0.15) is 0 Å². The highest BCUT2D eigenvalue weighted by Crippen LogP contribution is 2.70. The molecule has 4 saturated carbocycles. The van der Waals surface area contributed by atoms with Crippen LogP contribution in [0.3, 0.4) is 0 Å². The van der Waals surface area contributed by atoms with E-state index in [0.29, 0.717) is 47.0 Å². The van der Waals surface area contributed by atoms with Gasteiger partial charge >= 0.3 is 5.97 Å². The van der Waals surface area contributed by atoms with Gasteiger partial charge in [0.05, 0.1) is 7.11 Å². The van der Waals surface area contributed by atoms with Crippen molar-refractivity contribution in [1.29, 1.82) is 0 Å². The van der Waals surface area contributed by atoms with Crippen molar-refractivity contribution in [1.82, 2.24) is 0 Å². The van der Waals surface area contributed by atoms with E-state index in [1.165, 1.54) is 58.5 Å². The monoisotopic (exact) mass is 634 g/mol. The van der Waals surface area contributed by atoms with Gasteiger partial charge in [-0.25, -0.2) is 0 Å². The molecule has 0 aromatic rings. The van der Waals surface area contributed by atoms with Crippen molar-refractivity contribution in [3.63, 3.8) is 0 Å². The fourth-order valence-electron chi connectivity index (χ4n) is 10.9. The molecule has 4 nitrogen and oxygen atoms in total. The second-order valence-corrected chi connectivity index (χ2v) is 28.5. The highest BCUT2D eigenvalue weighted by atomic mass is 28.4. The van der Waals surface area contributed by atoms with Crippen molar-refractivity contribution in [2.24, 2.45) is 52.3 Å². The average molecular weight is 635 g/mol. The van der Waals surface area contributed by atoms with Gasteiger partial charge in [0, 0.05) is 12.5 Å². The van der Waals surface area contributed by atoms with Crippen molar-refractivity contribution in [3.8, 4) is 0 Å². The number of methoxy groups -OCH3 is 1. The molecule has 3 unspecified atom stereocenters. The number of hydrogen-bond acceptors (Lipinski definition) is 4. The molecule has 0 aliphatic heterocycles. The maximum atomic E-state index is 12.0. The molecule has 0 amide bonds. The molecule has 250 valence electrons. The summed E-state index contributed by atoms with van der Waals surface area (Å²) in [6, 6.07) is 0. The summed E-state index contributed by atoms with van der Waals surface area (Å²) in [7, 11) is -2.64. The first kappa shape index (κ1) is 35.7. The molecule has 0 aromatic heterocycles. The summed E-state index contributed by atoms with van der Waals surface area (Å²) in [5, 5.41) is 0.234. The molecule has 4 aliphatic carbocycles. The number of carbonyl (C=O) groups excluding carboxylic acids is 1. The topological polar surface area (TPSA) is 55.8 Å². The van der Waals surface area contributed by atoms with Crippen LogP contribution in [-0.4, -0.2) is 40.6 Å². The first-order valence-corrected chi connectivity index (χ1v) is 23.9. The molecule has 0 spiro atoms. The van der Waals surface area contributed by atoms with E-state index in [1.54, 1.807) is 0 Å². The number of rotatable bonds is 9. The van der Waals surface area contributed by atoms with Crippen molar-refractivity contribution in [2.45, 2.75) is 168 Å². The van der Waals surface area contributed by atoms with E-state index in [9.17, 15) is 9.59 Å². The maximum Gasteiger partial charge on any atom is 0.305 e. The van der Waals surface area contributed by atoms with Gasteiger partial charge in [0.15, 0.2) is 16.6 Å². The first-order chi connectivity index (χ1) is 19.6. The van der Waals surface area contributed by atoms with E-state index in [4.69, 9.17) is 9.16 Å². The number of carbonyl (C=O) groups is 1. The summed E-state index contributed by atoms with van der Waals surface area (Å²) >= 11 is 0. The van der Waals surface area contributed by atoms with Crippen LogP contribution < -0.4 is 0 Å². The van der Waals surface area contributed by atoms with Crippen molar-refractivity contribution >= 4 is 22.6 Å². The summed E-state index contributed by atoms with van der Waals surface area (Å²) in [4.78, 5) is 23.4. The van der Waals surface area contributed by atoms with Gasteiger partial charge in [0.1, 0.15) is 0 Å². The molecular weight excluding hydrogens is 565 g/mol. The minimum Gasteiger partial charge on any atom is -0.469 e. The van der Waals surface area contributed by atoms with Crippen LogP contribution in [0.2, 0.25) is 36.3 Å². The second kappa shape index (κ2) is 12.1. The van der Waals surface area contributed by atoms with Crippen LogP contribution in [0.4, 0.5) is 0 Å². The van der Waals surface area contributed by atoms with Crippen LogP contribution in [0, 0.1) is 52.3 Å². The Morgan fingerprint density at radius 2 is 1.51 bits per heavy atom. The Morgan fingerprint density at radius 1 is 0.907 bits per heavy atom. The third kappa shape index (κ3) is 6.66. The quantitative estimate of drug-likeness (QED) is 0.203. The van der Waals surface area contributed by atoms with Crippen LogP contribution in [0.5, 0.6) is 0 Å². The molecule has 4 aliphatic rings. The predicted molar refractivity (Wildman–Crippen MR) is 185 cm³/mol. The highest BCUT2D eigenvalue weighted by Gasteiger charge is 2.63. The number of esters is 1. The van der Waals surface area contributed by atoms with Crippen LogP contribution in [-0.2, 0) is 14.0 Å². The molecule has 43 heavy (non-hydrogen) atoms. The van der Waals surface area contributed by atoms with Crippen molar-refractivity contribution < 1.29 is 18.8 Å². The first-order valence-electron chi connectivity index (χ1n) is 18.0. The molecule has 10 atom stereocenters. The zero-order valence-electron chi connectivity index (χ0n) is 30.6. The minimum atomic E-state index is -2.32. The van der Waals surface area contributed by atoms with Crippen molar-refractivity contribution in [2.75, 3.05) is 7.11 Å². The van der Waals surface area contributed by atoms with Gasteiger partial charge in [0.25, 0.3) is 0 Å².